The van der Waals surface area contributed by atoms with Crippen molar-refractivity contribution in [2.45, 2.75) is 0 Å². The van der Waals surface area contributed by atoms with Gasteiger partial charge in [0.2, 0.25) is 0 Å². The van der Waals surface area contributed by atoms with Crippen molar-refractivity contribution >= 4 is 16.7 Å². The molecule has 118 valence electrons. The lowest BCUT2D eigenvalue weighted by Crippen LogP contribution is -2.24. The Balaban J connectivity index is 1.50. The third-order valence-electron chi connectivity index (χ3n) is 3.41. The third kappa shape index (κ3) is 3.90. The zero-order valence-corrected chi connectivity index (χ0v) is 13.0. The van der Waals surface area contributed by atoms with Crippen molar-refractivity contribution in [1.29, 1.82) is 0 Å². The number of carbonyl (C=O) groups excluding carboxylic acids is 1. The third-order valence-corrected chi connectivity index (χ3v) is 3.41. The highest BCUT2D eigenvalue weighted by Gasteiger charge is 2.03. The van der Waals surface area contributed by atoms with E-state index in [1.807, 2.05) is 42.5 Å². The highest BCUT2D eigenvalue weighted by molar-refractivity contribution is 5.92. The number of aromatic nitrogens is 1. The van der Waals surface area contributed by atoms with Crippen LogP contribution in [-0.4, -0.2) is 24.0 Å². The van der Waals surface area contributed by atoms with Crippen LogP contribution in [-0.2, 0) is 0 Å². The number of nitrogens with zero attached hydrogens (tertiary/aromatic N) is 1. The fraction of sp³-hybridized carbons (Fsp3) is 0.100. The fourth-order valence-corrected chi connectivity index (χ4v) is 2.26. The Kier molecular flexibility index (Phi) is 5.06. The maximum Gasteiger partial charge on any atom is 0.270 e. The van der Waals surface area contributed by atoms with Crippen LogP contribution in [0.4, 0.5) is 0 Å². The van der Waals surface area contributed by atoms with Gasteiger partial charge in [0.05, 0.1) is 6.54 Å². The summed E-state index contributed by atoms with van der Waals surface area (Å²) in [4.78, 5) is 15.8. The van der Waals surface area contributed by atoms with Gasteiger partial charge in [0, 0.05) is 11.6 Å². The van der Waals surface area contributed by atoms with Gasteiger partial charge in [0.25, 0.3) is 5.91 Å². The number of carbonyl (C=O) groups is 1. The number of fused-ring (bicyclic) bond motifs is 1. The van der Waals surface area contributed by atoms with Crippen LogP contribution >= 0.6 is 0 Å². The number of rotatable bonds is 4. The standard InChI is InChI=1S/C20H16N2O2/c23-20(18-11-3-4-13-21-18)22-14-5-6-15-24-19-12-7-9-16-8-1-2-10-17(16)19/h1-4,7-13H,14-15H2,(H,22,23). The zero-order chi connectivity index (χ0) is 16.6. The molecule has 1 amide bonds. The van der Waals surface area contributed by atoms with Crippen LogP contribution < -0.4 is 10.1 Å². The number of amides is 1. The second-order valence-electron chi connectivity index (χ2n) is 5.02. The predicted molar refractivity (Wildman–Crippen MR) is 93.8 cm³/mol. The maximum atomic E-state index is 11.8. The summed E-state index contributed by atoms with van der Waals surface area (Å²) in [6, 6.07) is 19.2. The minimum absolute atomic E-state index is 0.236. The Morgan fingerprint density at radius 2 is 1.83 bits per heavy atom. The molecule has 0 saturated carbocycles. The molecule has 4 heteroatoms. The molecule has 3 aromatic rings. The number of benzene rings is 2. The largest absolute Gasteiger partial charge is 0.480 e. The molecular formula is C20H16N2O2. The van der Waals surface area contributed by atoms with E-state index in [9.17, 15) is 4.79 Å². The van der Waals surface area contributed by atoms with Crippen LogP contribution in [0.15, 0.2) is 66.9 Å². The van der Waals surface area contributed by atoms with Gasteiger partial charge in [-0.15, -0.1) is 0 Å². The summed E-state index contributed by atoms with van der Waals surface area (Å²) in [5.41, 5.74) is 0.381. The first-order valence-electron chi connectivity index (χ1n) is 7.60. The molecule has 0 aliphatic carbocycles. The maximum absolute atomic E-state index is 11.8. The van der Waals surface area contributed by atoms with E-state index in [0.29, 0.717) is 5.69 Å². The Bertz CT molecular complexity index is 890. The van der Waals surface area contributed by atoms with Gasteiger partial charge < -0.3 is 10.1 Å². The van der Waals surface area contributed by atoms with E-state index >= 15 is 0 Å². The van der Waals surface area contributed by atoms with E-state index in [-0.39, 0.29) is 19.1 Å². The van der Waals surface area contributed by atoms with Crippen LogP contribution in [0, 0.1) is 11.8 Å². The molecule has 24 heavy (non-hydrogen) atoms. The first kappa shape index (κ1) is 15.6. The van der Waals surface area contributed by atoms with Gasteiger partial charge >= 0.3 is 0 Å². The minimum atomic E-state index is -0.236. The van der Waals surface area contributed by atoms with Crippen molar-refractivity contribution in [3.05, 3.63) is 72.6 Å². The van der Waals surface area contributed by atoms with Gasteiger partial charge in [0.15, 0.2) is 0 Å². The molecule has 1 heterocycles. The first-order valence-corrected chi connectivity index (χ1v) is 7.60. The summed E-state index contributed by atoms with van der Waals surface area (Å²) in [5, 5.41) is 4.89. The molecule has 0 aliphatic heterocycles. The summed E-state index contributed by atoms with van der Waals surface area (Å²) >= 11 is 0. The molecule has 0 aliphatic rings. The average molecular weight is 316 g/mol. The van der Waals surface area contributed by atoms with E-state index in [4.69, 9.17) is 4.74 Å². The van der Waals surface area contributed by atoms with Crippen LogP contribution in [0.25, 0.3) is 10.8 Å². The number of hydrogen-bond donors (Lipinski definition) is 1. The summed E-state index contributed by atoms with van der Waals surface area (Å²) in [6.45, 7) is 0.530. The van der Waals surface area contributed by atoms with E-state index in [1.165, 1.54) is 0 Å². The van der Waals surface area contributed by atoms with Gasteiger partial charge in [0.1, 0.15) is 18.1 Å². The fourth-order valence-electron chi connectivity index (χ4n) is 2.26. The zero-order valence-electron chi connectivity index (χ0n) is 13.0. The monoisotopic (exact) mass is 316 g/mol. The average Bonchev–Trinajstić information content (AvgIpc) is 2.65. The molecular weight excluding hydrogens is 300 g/mol. The van der Waals surface area contributed by atoms with Crippen LogP contribution in [0.5, 0.6) is 5.75 Å². The van der Waals surface area contributed by atoms with Gasteiger partial charge in [-0.1, -0.05) is 54.3 Å². The summed E-state index contributed by atoms with van der Waals surface area (Å²) < 4.78 is 5.71. The van der Waals surface area contributed by atoms with Gasteiger partial charge in [-0.25, -0.2) is 0 Å². The minimum Gasteiger partial charge on any atom is -0.480 e. The molecule has 0 saturated heterocycles. The molecule has 2 aromatic carbocycles. The molecule has 0 fully saturated rings. The molecule has 0 unspecified atom stereocenters. The Hall–Kier alpha value is -3.32. The molecule has 0 radical (unpaired) electrons. The molecule has 0 spiro atoms. The van der Waals surface area contributed by atoms with Gasteiger partial charge in [-0.2, -0.15) is 0 Å². The van der Waals surface area contributed by atoms with Crippen LogP contribution in [0.1, 0.15) is 10.5 Å². The predicted octanol–water partition coefficient (Wildman–Crippen LogP) is 3.05. The SMILES string of the molecule is O=C(NCC#CCOc1cccc2ccccc12)c1ccccn1. The first-order chi connectivity index (χ1) is 11.8. The van der Waals surface area contributed by atoms with Crippen LogP contribution in [0.2, 0.25) is 0 Å². The lowest BCUT2D eigenvalue weighted by molar-refractivity contribution is 0.0953. The van der Waals surface area contributed by atoms with Crippen molar-refractivity contribution in [2.24, 2.45) is 0 Å². The molecule has 1 aromatic heterocycles. The second-order valence-corrected chi connectivity index (χ2v) is 5.02. The second kappa shape index (κ2) is 7.80. The van der Waals surface area contributed by atoms with Crippen molar-refractivity contribution in [3.63, 3.8) is 0 Å². The van der Waals surface area contributed by atoms with Crippen molar-refractivity contribution in [1.82, 2.24) is 10.3 Å². The van der Waals surface area contributed by atoms with E-state index in [2.05, 4.69) is 22.1 Å². The number of pyridine rings is 1. The summed E-state index contributed by atoms with van der Waals surface area (Å²) in [5.74, 6) is 6.34. The molecule has 0 bridgehead atoms. The van der Waals surface area contributed by atoms with Gasteiger partial charge in [-0.3, -0.25) is 9.78 Å². The lowest BCUT2D eigenvalue weighted by Gasteiger charge is -2.06. The number of ether oxygens (including phenoxy) is 1. The van der Waals surface area contributed by atoms with E-state index in [1.54, 1.807) is 24.4 Å². The van der Waals surface area contributed by atoms with Gasteiger partial charge in [-0.05, 0) is 23.6 Å². The molecule has 1 N–H and O–H groups in total. The quantitative estimate of drug-likeness (QED) is 0.753. The summed E-state index contributed by atoms with van der Waals surface area (Å²) in [7, 11) is 0. The smallest absolute Gasteiger partial charge is 0.270 e. The van der Waals surface area contributed by atoms with Crippen molar-refractivity contribution in [2.75, 3.05) is 13.2 Å². The van der Waals surface area contributed by atoms with Crippen LogP contribution in [0.3, 0.4) is 0 Å². The van der Waals surface area contributed by atoms with Crippen molar-refractivity contribution in [3.8, 4) is 17.6 Å². The Labute approximate surface area is 140 Å². The molecule has 0 atom stereocenters. The highest BCUT2D eigenvalue weighted by atomic mass is 16.5. The number of nitrogens with one attached hydrogen (secondary N) is 1. The Morgan fingerprint density at radius 1 is 1.00 bits per heavy atom. The van der Waals surface area contributed by atoms with Crippen molar-refractivity contribution < 1.29 is 9.53 Å². The molecule has 3 rings (SSSR count). The topological polar surface area (TPSA) is 51.2 Å². The highest BCUT2D eigenvalue weighted by Crippen LogP contribution is 2.24. The van der Waals surface area contributed by atoms with E-state index < -0.39 is 0 Å². The van der Waals surface area contributed by atoms with E-state index in [0.717, 1.165) is 16.5 Å². The lowest BCUT2D eigenvalue weighted by atomic mass is 10.1. The summed E-state index contributed by atoms with van der Waals surface area (Å²) in [6.07, 6.45) is 1.58. The Morgan fingerprint density at radius 3 is 2.71 bits per heavy atom. The normalized spacial score (nSPS) is 9.83. The molecule has 4 nitrogen and oxygen atoms in total. The number of hydrogen-bond acceptors (Lipinski definition) is 3.